The molecule has 1 aliphatic heterocycles. The van der Waals surface area contributed by atoms with Gasteiger partial charge >= 0.3 is 0 Å². The summed E-state index contributed by atoms with van der Waals surface area (Å²) in [5.74, 6) is 2.53. The average Bonchev–Trinajstić information content (AvgIpc) is 2.96. The monoisotopic (exact) mass is 328 g/mol. The summed E-state index contributed by atoms with van der Waals surface area (Å²) in [6.45, 7) is 8.40. The summed E-state index contributed by atoms with van der Waals surface area (Å²) in [6.07, 6.45) is 5.15. The van der Waals surface area contributed by atoms with Crippen LogP contribution < -0.4 is 4.74 Å². The van der Waals surface area contributed by atoms with Gasteiger partial charge in [0.15, 0.2) is 0 Å². The number of hydrogen-bond donors (Lipinski definition) is 0. The van der Waals surface area contributed by atoms with Crippen molar-refractivity contribution in [1.82, 2.24) is 9.88 Å². The van der Waals surface area contributed by atoms with Gasteiger partial charge in [0.1, 0.15) is 11.5 Å². The minimum Gasteiger partial charge on any atom is -0.496 e. The lowest BCUT2D eigenvalue weighted by Gasteiger charge is -2.34. The Morgan fingerprint density at radius 1 is 1.29 bits per heavy atom. The lowest BCUT2D eigenvalue weighted by molar-refractivity contribution is 0.134. The highest BCUT2D eigenvalue weighted by atomic mass is 16.5. The number of aromatic nitrogens is 1. The molecule has 0 amide bonds. The molecule has 130 valence electrons. The van der Waals surface area contributed by atoms with Crippen molar-refractivity contribution in [3.63, 3.8) is 0 Å². The third-order valence-corrected chi connectivity index (χ3v) is 5.11. The Morgan fingerprint density at radius 2 is 2.12 bits per heavy atom. The summed E-state index contributed by atoms with van der Waals surface area (Å²) in [4.78, 5) is 7.36. The number of nitrogens with zero attached hydrogens (tertiary/aromatic N) is 2. The van der Waals surface area contributed by atoms with Gasteiger partial charge in [0.2, 0.25) is 5.89 Å². The molecule has 1 aliphatic rings. The highest BCUT2D eigenvalue weighted by Crippen LogP contribution is 2.28. The fraction of sp³-hybridized carbons (Fsp3) is 0.550. The number of methoxy groups -OCH3 is 1. The van der Waals surface area contributed by atoms with E-state index in [9.17, 15) is 0 Å². The van der Waals surface area contributed by atoms with Crippen molar-refractivity contribution in [2.45, 2.75) is 59.0 Å². The van der Waals surface area contributed by atoms with Gasteiger partial charge in [-0.3, -0.25) is 4.90 Å². The number of aryl methyl sites for hydroxylation is 2. The standard InChI is InChI=1S/C20H28N2O2/c1-5-17-8-6-7-11-22(17)13-18-15(3)24-20(21-18)16-9-10-19(23-4)14(2)12-16/h9-10,12,17H,5-8,11,13H2,1-4H3/t17-/m0/s1. The predicted molar refractivity (Wildman–Crippen MR) is 96.3 cm³/mol. The van der Waals surface area contributed by atoms with Crippen molar-refractivity contribution < 1.29 is 9.15 Å². The molecule has 24 heavy (non-hydrogen) atoms. The quantitative estimate of drug-likeness (QED) is 0.795. The molecule has 0 radical (unpaired) electrons. The SMILES string of the molecule is CC[C@H]1CCCCN1Cc1nc(-c2ccc(OC)c(C)c2)oc1C. The van der Waals surface area contributed by atoms with Crippen LogP contribution in [0.5, 0.6) is 5.75 Å². The maximum Gasteiger partial charge on any atom is 0.226 e. The fourth-order valence-electron chi connectivity index (χ4n) is 3.63. The molecule has 3 rings (SSSR count). The van der Waals surface area contributed by atoms with Gasteiger partial charge < -0.3 is 9.15 Å². The van der Waals surface area contributed by atoms with Gasteiger partial charge in [0, 0.05) is 18.2 Å². The molecule has 1 saturated heterocycles. The number of likely N-dealkylation sites (tertiary alicyclic amines) is 1. The number of ether oxygens (including phenoxy) is 1. The average molecular weight is 328 g/mol. The normalized spacial score (nSPS) is 18.8. The number of oxazole rings is 1. The number of piperidine rings is 1. The first-order valence-electron chi connectivity index (χ1n) is 8.97. The molecule has 0 aliphatic carbocycles. The lowest BCUT2D eigenvalue weighted by atomic mass is 10.00. The summed E-state index contributed by atoms with van der Waals surface area (Å²) >= 11 is 0. The molecule has 1 atom stereocenters. The summed E-state index contributed by atoms with van der Waals surface area (Å²) in [5.41, 5.74) is 3.17. The van der Waals surface area contributed by atoms with E-state index in [1.807, 2.05) is 26.0 Å². The zero-order chi connectivity index (χ0) is 17.1. The Hall–Kier alpha value is -1.81. The largest absolute Gasteiger partial charge is 0.496 e. The lowest BCUT2D eigenvalue weighted by Crippen LogP contribution is -2.38. The minimum atomic E-state index is 0.682. The van der Waals surface area contributed by atoms with Crippen LogP contribution in [0.4, 0.5) is 0 Å². The van der Waals surface area contributed by atoms with E-state index < -0.39 is 0 Å². The van der Waals surface area contributed by atoms with E-state index in [1.165, 1.54) is 32.2 Å². The molecule has 0 saturated carbocycles. The van der Waals surface area contributed by atoms with E-state index in [0.29, 0.717) is 11.9 Å². The van der Waals surface area contributed by atoms with Crippen LogP contribution >= 0.6 is 0 Å². The molecule has 4 heteroatoms. The van der Waals surface area contributed by atoms with Crippen LogP contribution in [0.2, 0.25) is 0 Å². The Kier molecular flexibility index (Phi) is 5.24. The van der Waals surface area contributed by atoms with Crippen LogP contribution in [0.3, 0.4) is 0 Å². The van der Waals surface area contributed by atoms with E-state index in [4.69, 9.17) is 14.1 Å². The van der Waals surface area contributed by atoms with Crippen molar-refractivity contribution in [2.75, 3.05) is 13.7 Å². The Bertz CT molecular complexity index is 693. The smallest absolute Gasteiger partial charge is 0.226 e. The van der Waals surface area contributed by atoms with E-state index >= 15 is 0 Å². The van der Waals surface area contributed by atoms with E-state index in [1.54, 1.807) is 7.11 Å². The Balaban J connectivity index is 1.81. The van der Waals surface area contributed by atoms with Gasteiger partial charge in [-0.25, -0.2) is 4.98 Å². The number of hydrogen-bond acceptors (Lipinski definition) is 4. The molecule has 2 aromatic rings. The molecule has 4 nitrogen and oxygen atoms in total. The topological polar surface area (TPSA) is 38.5 Å². The molecule has 0 unspecified atom stereocenters. The zero-order valence-electron chi connectivity index (χ0n) is 15.3. The second kappa shape index (κ2) is 7.39. The number of benzene rings is 1. The van der Waals surface area contributed by atoms with Gasteiger partial charge in [0.25, 0.3) is 0 Å². The Morgan fingerprint density at radius 3 is 2.83 bits per heavy atom. The molecular weight excluding hydrogens is 300 g/mol. The van der Waals surface area contributed by atoms with E-state index in [2.05, 4.69) is 17.9 Å². The molecule has 0 spiro atoms. The van der Waals surface area contributed by atoms with Crippen LogP contribution in [0.15, 0.2) is 22.6 Å². The fourth-order valence-corrected chi connectivity index (χ4v) is 3.63. The van der Waals surface area contributed by atoms with Gasteiger partial charge in [-0.05, 0) is 63.4 Å². The molecule has 1 fully saturated rings. The van der Waals surface area contributed by atoms with Crippen molar-refractivity contribution in [3.8, 4) is 17.2 Å². The van der Waals surface area contributed by atoms with Crippen LogP contribution in [0.1, 0.15) is 49.6 Å². The third kappa shape index (κ3) is 3.48. The van der Waals surface area contributed by atoms with Crippen molar-refractivity contribution in [2.24, 2.45) is 0 Å². The second-order valence-electron chi connectivity index (χ2n) is 6.73. The maximum absolute atomic E-state index is 5.96. The number of rotatable bonds is 5. The van der Waals surface area contributed by atoms with Gasteiger partial charge in [-0.2, -0.15) is 0 Å². The summed E-state index contributed by atoms with van der Waals surface area (Å²) in [5, 5.41) is 0. The first-order valence-corrected chi connectivity index (χ1v) is 8.97. The van der Waals surface area contributed by atoms with Crippen molar-refractivity contribution >= 4 is 0 Å². The molecule has 1 aromatic heterocycles. The predicted octanol–water partition coefficient (Wildman–Crippen LogP) is 4.73. The summed E-state index contributed by atoms with van der Waals surface area (Å²) < 4.78 is 11.3. The van der Waals surface area contributed by atoms with E-state index in [-0.39, 0.29) is 0 Å². The van der Waals surface area contributed by atoms with Crippen molar-refractivity contribution in [3.05, 3.63) is 35.2 Å². The van der Waals surface area contributed by atoms with E-state index in [0.717, 1.165) is 34.9 Å². The van der Waals surface area contributed by atoms with Crippen LogP contribution in [0.25, 0.3) is 11.5 Å². The molecule has 0 bridgehead atoms. The second-order valence-corrected chi connectivity index (χ2v) is 6.73. The first-order chi connectivity index (χ1) is 11.6. The van der Waals surface area contributed by atoms with Gasteiger partial charge in [-0.15, -0.1) is 0 Å². The molecule has 0 N–H and O–H groups in total. The van der Waals surface area contributed by atoms with Crippen LogP contribution in [-0.2, 0) is 6.54 Å². The third-order valence-electron chi connectivity index (χ3n) is 5.11. The highest BCUT2D eigenvalue weighted by Gasteiger charge is 2.23. The molecule has 1 aromatic carbocycles. The van der Waals surface area contributed by atoms with Crippen molar-refractivity contribution in [1.29, 1.82) is 0 Å². The summed E-state index contributed by atoms with van der Waals surface area (Å²) in [6, 6.07) is 6.74. The van der Waals surface area contributed by atoms with Crippen LogP contribution in [-0.4, -0.2) is 29.6 Å². The first kappa shape index (κ1) is 17.0. The zero-order valence-corrected chi connectivity index (χ0v) is 15.3. The molecule has 2 heterocycles. The van der Waals surface area contributed by atoms with Gasteiger partial charge in [0.05, 0.1) is 12.8 Å². The highest BCUT2D eigenvalue weighted by molar-refractivity contribution is 5.57. The summed E-state index contributed by atoms with van der Waals surface area (Å²) in [7, 11) is 1.69. The Labute approximate surface area is 144 Å². The molecular formula is C20H28N2O2. The minimum absolute atomic E-state index is 0.682. The van der Waals surface area contributed by atoms with Crippen LogP contribution in [0, 0.1) is 13.8 Å². The maximum atomic E-state index is 5.96. The van der Waals surface area contributed by atoms with Gasteiger partial charge in [-0.1, -0.05) is 13.3 Å².